The van der Waals surface area contributed by atoms with E-state index in [1.807, 2.05) is 24.3 Å². The highest BCUT2D eigenvalue weighted by Gasteiger charge is 2.19. The van der Waals surface area contributed by atoms with Crippen molar-refractivity contribution in [3.8, 4) is 5.75 Å². The zero-order valence-electron chi connectivity index (χ0n) is 18.9. The fraction of sp³-hybridized carbons (Fsp3) is 0.455. The van der Waals surface area contributed by atoms with Gasteiger partial charge in [-0.3, -0.25) is 9.59 Å². The summed E-state index contributed by atoms with van der Waals surface area (Å²) in [5.41, 5.74) is 12.2. The van der Waals surface area contributed by atoms with Gasteiger partial charge in [-0.25, -0.2) is 9.97 Å². The first-order valence-corrected chi connectivity index (χ1v) is 10.8. The molecule has 2 aromatic rings. The average molecular weight is 464 g/mol. The summed E-state index contributed by atoms with van der Waals surface area (Å²) in [6, 6.07) is 7.57. The summed E-state index contributed by atoms with van der Waals surface area (Å²) in [5, 5.41) is 2.73. The Kier molecular flexibility index (Phi) is 9.22. The van der Waals surface area contributed by atoms with Crippen LogP contribution in [0.25, 0.3) is 0 Å². The molecule has 0 atom stereocenters. The molecule has 1 heterocycles. The topological polar surface area (TPSA) is 133 Å². The highest BCUT2D eigenvalue weighted by molar-refractivity contribution is 6.31. The standard InChI is InChI=1S/C22H31ClN6O3/c1-29(2,13-11-26-22(31)18-20(24)28-21(25)19(23)27-18)12-5-4-6-16(30)14-15-7-9-17(32-3)10-8-15/h7-10H,4-6,11-14H2,1-3H3,(H4-,24,25,26,28,31)/p+1. The number of ether oxygens (including phenoxy) is 1. The molecule has 10 heteroatoms. The summed E-state index contributed by atoms with van der Waals surface area (Å²) in [4.78, 5) is 32.2. The summed E-state index contributed by atoms with van der Waals surface area (Å²) >= 11 is 5.82. The molecule has 0 saturated heterocycles. The smallest absolute Gasteiger partial charge is 0.273 e. The average Bonchev–Trinajstić information content (AvgIpc) is 2.74. The molecule has 0 saturated carbocycles. The van der Waals surface area contributed by atoms with Gasteiger partial charge in [-0.2, -0.15) is 0 Å². The molecule has 174 valence electrons. The molecule has 0 unspecified atom stereocenters. The number of anilines is 2. The number of likely N-dealkylation sites (N-methyl/N-ethyl adjacent to an activating group) is 1. The second-order valence-electron chi connectivity index (χ2n) is 8.29. The van der Waals surface area contributed by atoms with E-state index < -0.39 is 5.91 Å². The van der Waals surface area contributed by atoms with Gasteiger partial charge in [0.15, 0.2) is 22.5 Å². The first kappa shape index (κ1) is 25.4. The van der Waals surface area contributed by atoms with Gasteiger partial charge in [-0.15, -0.1) is 0 Å². The first-order chi connectivity index (χ1) is 15.1. The molecule has 1 aromatic carbocycles. The van der Waals surface area contributed by atoms with E-state index in [4.69, 9.17) is 27.8 Å². The number of hydrogen-bond acceptors (Lipinski definition) is 7. The van der Waals surface area contributed by atoms with Crippen molar-refractivity contribution in [1.29, 1.82) is 0 Å². The molecule has 5 N–H and O–H groups in total. The number of carbonyl (C=O) groups is 2. The van der Waals surface area contributed by atoms with E-state index in [1.54, 1.807) is 7.11 Å². The number of aromatic nitrogens is 2. The Morgan fingerprint density at radius 1 is 1.06 bits per heavy atom. The number of methoxy groups -OCH3 is 1. The van der Waals surface area contributed by atoms with Crippen LogP contribution in [-0.4, -0.2) is 67.0 Å². The van der Waals surface area contributed by atoms with E-state index in [0.29, 0.717) is 30.4 Å². The highest BCUT2D eigenvalue weighted by Crippen LogP contribution is 2.17. The van der Waals surface area contributed by atoms with Gasteiger partial charge in [-0.05, 0) is 30.5 Å². The minimum absolute atomic E-state index is 0.0130. The number of quaternary nitrogens is 1. The zero-order valence-corrected chi connectivity index (χ0v) is 19.6. The number of benzene rings is 1. The van der Waals surface area contributed by atoms with Gasteiger partial charge >= 0.3 is 0 Å². The van der Waals surface area contributed by atoms with Crippen molar-refractivity contribution in [2.75, 3.05) is 52.3 Å². The lowest BCUT2D eigenvalue weighted by Crippen LogP contribution is -2.46. The van der Waals surface area contributed by atoms with Crippen molar-refractivity contribution in [3.05, 3.63) is 40.7 Å². The van der Waals surface area contributed by atoms with Crippen LogP contribution in [0, 0.1) is 0 Å². The van der Waals surface area contributed by atoms with Gasteiger partial charge in [0.1, 0.15) is 11.5 Å². The van der Waals surface area contributed by atoms with Crippen LogP contribution in [0.3, 0.4) is 0 Å². The molecule has 9 nitrogen and oxygen atoms in total. The Balaban J connectivity index is 1.68. The third-order valence-electron chi connectivity index (χ3n) is 5.15. The maximum atomic E-state index is 12.3. The molecule has 0 bridgehead atoms. The van der Waals surface area contributed by atoms with Crippen molar-refractivity contribution in [3.63, 3.8) is 0 Å². The van der Waals surface area contributed by atoms with Crippen LogP contribution in [0.5, 0.6) is 5.75 Å². The van der Waals surface area contributed by atoms with Crippen molar-refractivity contribution in [2.24, 2.45) is 0 Å². The van der Waals surface area contributed by atoms with E-state index >= 15 is 0 Å². The van der Waals surface area contributed by atoms with Crippen LogP contribution in [0.2, 0.25) is 5.15 Å². The second-order valence-corrected chi connectivity index (χ2v) is 8.65. The Hall–Kier alpha value is -2.91. The number of carbonyl (C=O) groups excluding carboxylic acids is 2. The Labute approximate surface area is 193 Å². The van der Waals surface area contributed by atoms with Crippen LogP contribution < -0.4 is 21.5 Å². The largest absolute Gasteiger partial charge is 0.497 e. The Bertz CT molecular complexity index is 934. The van der Waals surface area contributed by atoms with Crippen molar-refractivity contribution in [1.82, 2.24) is 15.3 Å². The van der Waals surface area contributed by atoms with Crippen LogP contribution in [0.1, 0.15) is 35.3 Å². The van der Waals surface area contributed by atoms with Gasteiger partial charge in [0.05, 0.1) is 40.8 Å². The molecule has 2 rings (SSSR count). The molecule has 0 spiro atoms. The second kappa shape index (κ2) is 11.6. The van der Waals surface area contributed by atoms with Crippen LogP contribution in [-0.2, 0) is 11.2 Å². The zero-order chi connectivity index (χ0) is 23.7. The number of halogens is 1. The summed E-state index contributed by atoms with van der Waals surface area (Å²) in [7, 11) is 5.79. The van der Waals surface area contributed by atoms with Gasteiger partial charge in [-0.1, -0.05) is 23.7 Å². The number of ketones is 1. The molecule has 0 radical (unpaired) electrons. The van der Waals surface area contributed by atoms with Crippen LogP contribution in [0.4, 0.5) is 11.6 Å². The molecule has 1 aromatic heterocycles. The summed E-state index contributed by atoms with van der Waals surface area (Å²) < 4.78 is 5.84. The maximum Gasteiger partial charge on any atom is 0.273 e. The van der Waals surface area contributed by atoms with Gasteiger partial charge < -0.3 is 26.0 Å². The fourth-order valence-electron chi connectivity index (χ4n) is 3.20. The van der Waals surface area contributed by atoms with E-state index in [2.05, 4.69) is 29.4 Å². The van der Waals surface area contributed by atoms with Crippen LogP contribution >= 0.6 is 11.6 Å². The maximum absolute atomic E-state index is 12.3. The third kappa shape index (κ3) is 7.97. The minimum Gasteiger partial charge on any atom is -0.497 e. The Morgan fingerprint density at radius 2 is 1.75 bits per heavy atom. The molecule has 0 aliphatic heterocycles. The van der Waals surface area contributed by atoms with Crippen molar-refractivity contribution < 1.29 is 18.8 Å². The number of unbranched alkanes of at least 4 members (excludes halogenated alkanes) is 1. The van der Waals surface area contributed by atoms with E-state index in [9.17, 15) is 9.59 Å². The normalized spacial score (nSPS) is 11.2. The van der Waals surface area contributed by atoms with Gasteiger partial charge in [0.25, 0.3) is 5.91 Å². The fourth-order valence-corrected chi connectivity index (χ4v) is 3.32. The monoisotopic (exact) mass is 463 g/mol. The molecule has 0 aliphatic carbocycles. The lowest BCUT2D eigenvalue weighted by Gasteiger charge is -2.29. The summed E-state index contributed by atoms with van der Waals surface area (Å²) in [6.45, 7) is 2.04. The first-order valence-electron chi connectivity index (χ1n) is 10.4. The van der Waals surface area contributed by atoms with Crippen molar-refractivity contribution >= 4 is 34.9 Å². The number of nitrogens with zero attached hydrogens (tertiary/aromatic N) is 3. The number of Topliss-reactive ketones (excluding diaryl/α,β-unsaturated/α-hetero) is 1. The van der Waals surface area contributed by atoms with Crippen LogP contribution in [0.15, 0.2) is 24.3 Å². The molecule has 32 heavy (non-hydrogen) atoms. The predicted octanol–water partition coefficient (Wildman–Crippen LogP) is 2.09. The number of nitrogen functional groups attached to an aromatic ring is 2. The van der Waals surface area contributed by atoms with E-state index in [1.165, 1.54) is 0 Å². The van der Waals surface area contributed by atoms with E-state index in [-0.39, 0.29) is 28.3 Å². The lowest BCUT2D eigenvalue weighted by atomic mass is 10.0. The highest BCUT2D eigenvalue weighted by atomic mass is 35.5. The van der Waals surface area contributed by atoms with E-state index in [0.717, 1.165) is 30.7 Å². The number of amides is 1. The van der Waals surface area contributed by atoms with Gasteiger partial charge in [0, 0.05) is 12.8 Å². The molecular formula is C22H32ClN6O3+. The number of nitrogens with one attached hydrogen (secondary N) is 1. The number of nitrogens with two attached hydrogens (primary N) is 2. The molecule has 0 aliphatic rings. The predicted molar refractivity (Wildman–Crippen MR) is 126 cm³/mol. The number of hydrogen-bond donors (Lipinski definition) is 3. The SMILES string of the molecule is COc1ccc(CC(=O)CCCC[N+](C)(C)CCNC(=O)c2nc(Cl)c(N)nc2N)cc1. The quantitative estimate of drug-likeness (QED) is 0.324. The third-order valence-corrected chi connectivity index (χ3v) is 5.43. The molecular weight excluding hydrogens is 432 g/mol. The van der Waals surface area contributed by atoms with Gasteiger partial charge in [0.2, 0.25) is 0 Å². The Morgan fingerprint density at radius 3 is 2.41 bits per heavy atom. The lowest BCUT2D eigenvalue weighted by molar-refractivity contribution is -0.889. The molecule has 0 fully saturated rings. The number of rotatable bonds is 12. The minimum atomic E-state index is -0.443. The van der Waals surface area contributed by atoms with Crippen molar-refractivity contribution in [2.45, 2.75) is 25.7 Å². The molecule has 1 amide bonds. The summed E-state index contributed by atoms with van der Waals surface area (Å²) in [5.74, 6) is 0.499. The summed E-state index contributed by atoms with van der Waals surface area (Å²) in [6.07, 6.45) is 2.74.